The van der Waals surface area contributed by atoms with Crippen molar-refractivity contribution in [2.45, 2.75) is 20.4 Å². The summed E-state index contributed by atoms with van der Waals surface area (Å²) in [4.78, 5) is 0. The Morgan fingerprint density at radius 3 is 2.20 bits per heavy atom. The molecule has 114 valence electrons. The lowest BCUT2D eigenvalue weighted by Crippen LogP contribution is -2.32. The zero-order valence-corrected chi connectivity index (χ0v) is 12.9. The first-order valence-electron chi connectivity index (χ1n) is 6.58. The van der Waals surface area contributed by atoms with E-state index in [0.29, 0.717) is 30.3 Å². The van der Waals surface area contributed by atoms with E-state index in [1.165, 1.54) is 0 Å². The van der Waals surface area contributed by atoms with Crippen LogP contribution in [0.1, 0.15) is 19.4 Å². The number of ether oxygens (including phenoxy) is 3. The molecule has 1 aromatic rings. The third kappa shape index (κ3) is 4.02. The highest BCUT2D eigenvalue weighted by molar-refractivity contribution is 5.55. The summed E-state index contributed by atoms with van der Waals surface area (Å²) in [6.07, 6.45) is 0. The van der Waals surface area contributed by atoms with Crippen LogP contribution in [-0.2, 0) is 6.54 Å². The van der Waals surface area contributed by atoms with Gasteiger partial charge in [-0.1, -0.05) is 19.9 Å². The SMILES string of the molecule is COc1ccc(CNCC(C)(C)CO)c(OC)c1OC. The molecule has 0 saturated carbocycles. The summed E-state index contributed by atoms with van der Waals surface area (Å²) in [6.45, 7) is 5.49. The zero-order chi connectivity index (χ0) is 15.2. The molecule has 5 nitrogen and oxygen atoms in total. The van der Waals surface area contributed by atoms with Gasteiger partial charge in [0.25, 0.3) is 0 Å². The first-order valence-corrected chi connectivity index (χ1v) is 6.58. The molecule has 1 rings (SSSR count). The Bertz CT molecular complexity index is 432. The Kier molecular flexibility index (Phi) is 6.10. The first kappa shape index (κ1) is 16.6. The lowest BCUT2D eigenvalue weighted by molar-refractivity contribution is 0.156. The van der Waals surface area contributed by atoms with E-state index in [1.807, 2.05) is 26.0 Å². The molecule has 0 saturated heterocycles. The number of aliphatic hydroxyl groups excluding tert-OH is 1. The molecule has 2 N–H and O–H groups in total. The lowest BCUT2D eigenvalue weighted by atomic mass is 9.95. The Labute approximate surface area is 120 Å². The van der Waals surface area contributed by atoms with Gasteiger partial charge in [0.1, 0.15) is 0 Å². The lowest BCUT2D eigenvalue weighted by Gasteiger charge is -2.22. The zero-order valence-electron chi connectivity index (χ0n) is 12.9. The molecule has 0 heterocycles. The monoisotopic (exact) mass is 283 g/mol. The highest BCUT2D eigenvalue weighted by atomic mass is 16.5. The van der Waals surface area contributed by atoms with Crippen LogP contribution in [0.25, 0.3) is 0 Å². The quantitative estimate of drug-likeness (QED) is 0.762. The summed E-state index contributed by atoms with van der Waals surface area (Å²) in [5.74, 6) is 1.90. The predicted octanol–water partition coefficient (Wildman–Crippen LogP) is 1.82. The van der Waals surface area contributed by atoms with E-state index in [4.69, 9.17) is 14.2 Å². The van der Waals surface area contributed by atoms with Crippen LogP contribution in [0.2, 0.25) is 0 Å². The predicted molar refractivity (Wildman–Crippen MR) is 78.7 cm³/mol. The van der Waals surface area contributed by atoms with Gasteiger partial charge in [-0.15, -0.1) is 0 Å². The summed E-state index contributed by atoms with van der Waals surface area (Å²) in [6, 6.07) is 3.80. The van der Waals surface area contributed by atoms with Crippen molar-refractivity contribution in [3.8, 4) is 17.2 Å². The molecule has 0 amide bonds. The molecule has 0 aromatic heterocycles. The van der Waals surface area contributed by atoms with Gasteiger partial charge in [0.05, 0.1) is 21.3 Å². The molecule has 0 spiro atoms. The number of rotatable bonds is 8. The van der Waals surface area contributed by atoms with Crippen molar-refractivity contribution in [1.82, 2.24) is 5.32 Å². The summed E-state index contributed by atoms with van der Waals surface area (Å²) in [7, 11) is 4.80. The fourth-order valence-corrected chi connectivity index (χ4v) is 1.89. The van der Waals surface area contributed by atoms with Crippen LogP contribution in [0.15, 0.2) is 12.1 Å². The smallest absolute Gasteiger partial charge is 0.203 e. The molecule has 5 heteroatoms. The van der Waals surface area contributed by atoms with Gasteiger partial charge in [-0.25, -0.2) is 0 Å². The van der Waals surface area contributed by atoms with Crippen LogP contribution in [0.5, 0.6) is 17.2 Å². The van der Waals surface area contributed by atoms with Crippen molar-refractivity contribution in [3.63, 3.8) is 0 Å². The van der Waals surface area contributed by atoms with E-state index in [1.54, 1.807) is 21.3 Å². The molecule has 0 bridgehead atoms. The van der Waals surface area contributed by atoms with Crippen molar-refractivity contribution in [3.05, 3.63) is 17.7 Å². The Morgan fingerprint density at radius 1 is 1.05 bits per heavy atom. The van der Waals surface area contributed by atoms with Crippen molar-refractivity contribution in [2.24, 2.45) is 5.41 Å². The molecule has 1 aromatic carbocycles. The van der Waals surface area contributed by atoms with E-state index in [0.717, 1.165) is 5.56 Å². The van der Waals surface area contributed by atoms with Crippen molar-refractivity contribution < 1.29 is 19.3 Å². The molecule has 20 heavy (non-hydrogen) atoms. The number of aliphatic hydroxyl groups is 1. The molecule has 0 aliphatic heterocycles. The van der Waals surface area contributed by atoms with Gasteiger partial charge in [0.2, 0.25) is 5.75 Å². The average molecular weight is 283 g/mol. The fourth-order valence-electron chi connectivity index (χ4n) is 1.89. The fraction of sp³-hybridized carbons (Fsp3) is 0.600. The molecular formula is C15H25NO4. The minimum atomic E-state index is -0.149. The maximum absolute atomic E-state index is 9.24. The Balaban J connectivity index is 2.85. The van der Waals surface area contributed by atoms with E-state index in [9.17, 15) is 5.11 Å². The third-order valence-corrected chi connectivity index (χ3v) is 3.13. The molecule has 0 radical (unpaired) electrons. The minimum Gasteiger partial charge on any atom is -0.493 e. The highest BCUT2D eigenvalue weighted by Gasteiger charge is 2.18. The van der Waals surface area contributed by atoms with E-state index >= 15 is 0 Å². The summed E-state index contributed by atoms with van der Waals surface area (Å²) >= 11 is 0. The number of nitrogens with one attached hydrogen (secondary N) is 1. The van der Waals surface area contributed by atoms with E-state index in [2.05, 4.69) is 5.32 Å². The van der Waals surface area contributed by atoms with Crippen LogP contribution in [-0.4, -0.2) is 39.6 Å². The van der Waals surface area contributed by atoms with Crippen molar-refractivity contribution in [1.29, 1.82) is 0 Å². The highest BCUT2D eigenvalue weighted by Crippen LogP contribution is 2.39. The van der Waals surface area contributed by atoms with E-state index < -0.39 is 0 Å². The normalized spacial score (nSPS) is 11.3. The number of hydrogen-bond donors (Lipinski definition) is 2. The summed E-state index contributed by atoms with van der Waals surface area (Å²) in [5, 5.41) is 12.6. The van der Waals surface area contributed by atoms with Crippen molar-refractivity contribution in [2.75, 3.05) is 34.5 Å². The maximum atomic E-state index is 9.24. The van der Waals surface area contributed by atoms with Crippen LogP contribution in [0.4, 0.5) is 0 Å². The maximum Gasteiger partial charge on any atom is 0.203 e. The van der Waals surface area contributed by atoms with Gasteiger partial charge in [0.15, 0.2) is 11.5 Å². The van der Waals surface area contributed by atoms with Crippen LogP contribution < -0.4 is 19.5 Å². The third-order valence-electron chi connectivity index (χ3n) is 3.13. The Morgan fingerprint density at radius 2 is 1.70 bits per heavy atom. The number of benzene rings is 1. The minimum absolute atomic E-state index is 0.142. The molecule has 0 atom stereocenters. The average Bonchev–Trinajstić information content (AvgIpc) is 2.46. The molecular weight excluding hydrogens is 258 g/mol. The van der Waals surface area contributed by atoms with Crippen LogP contribution in [0, 0.1) is 5.41 Å². The van der Waals surface area contributed by atoms with Gasteiger partial charge in [-0.2, -0.15) is 0 Å². The second kappa shape index (κ2) is 7.36. The molecule has 0 fully saturated rings. The van der Waals surface area contributed by atoms with Gasteiger partial charge in [0, 0.05) is 30.7 Å². The number of methoxy groups -OCH3 is 3. The van der Waals surface area contributed by atoms with Crippen molar-refractivity contribution >= 4 is 0 Å². The van der Waals surface area contributed by atoms with Gasteiger partial charge >= 0.3 is 0 Å². The molecule has 0 aliphatic rings. The first-order chi connectivity index (χ1) is 9.49. The van der Waals surface area contributed by atoms with Crippen LogP contribution in [0.3, 0.4) is 0 Å². The standard InChI is InChI=1S/C15H25NO4/c1-15(2,10-17)9-16-8-11-6-7-12(18-3)14(20-5)13(11)19-4/h6-7,16-17H,8-10H2,1-5H3. The largest absolute Gasteiger partial charge is 0.493 e. The van der Waals surface area contributed by atoms with Gasteiger partial charge in [-0.3, -0.25) is 0 Å². The summed E-state index contributed by atoms with van der Waals surface area (Å²) < 4.78 is 16.0. The second-order valence-corrected chi connectivity index (χ2v) is 5.42. The molecule has 0 aliphatic carbocycles. The molecule has 0 unspecified atom stereocenters. The summed E-state index contributed by atoms with van der Waals surface area (Å²) in [5.41, 5.74) is 0.836. The number of hydrogen-bond acceptors (Lipinski definition) is 5. The Hall–Kier alpha value is -1.46. The topological polar surface area (TPSA) is 60.0 Å². The van der Waals surface area contributed by atoms with Gasteiger partial charge in [-0.05, 0) is 6.07 Å². The van der Waals surface area contributed by atoms with Gasteiger partial charge < -0.3 is 24.6 Å². The van der Waals surface area contributed by atoms with E-state index in [-0.39, 0.29) is 12.0 Å². The van der Waals surface area contributed by atoms with Crippen LogP contribution >= 0.6 is 0 Å². The second-order valence-electron chi connectivity index (χ2n) is 5.42.